The number of hydrogen-bond acceptors (Lipinski definition) is 2. The average molecular weight is 215 g/mol. The van der Waals surface area contributed by atoms with Gasteiger partial charge in [-0.05, 0) is 36.6 Å². The summed E-state index contributed by atoms with van der Waals surface area (Å²) in [7, 11) is 0. The molecule has 1 aromatic carbocycles. The van der Waals surface area contributed by atoms with Gasteiger partial charge in [-0.2, -0.15) is 0 Å². The van der Waals surface area contributed by atoms with Crippen LogP contribution < -0.4 is 0 Å². The fourth-order valence-electron chi connectivity index (χ4n) is 1.40. The van der Waals surface area contributed by atoms with Crippen LogP contribution in [0.4, 0.5) is 0 Å². The van der Waals surface area contributed by atoms with Crippen LogP contribution in [0.2, 0.25) is 5.02 Å². The van der Waals surface area contributed by atoms with Crippen LogP contribution in [-0.4, -0.2) is 16.3 Å². The molecule has 2 N–H and O–H groups in total. The summed E-state index contributed by atoms with van der Waals surface area (Å²) in [5.74, 6) is 0. The van der Waals surface area contributed by atoms with Gasteiger partial charge in [0.2, 0.25) is 0 Å². The van der Waals surface area contributed by atoms with Crippen molar-refractivity contribution in [2.45, 2.75) is 32.5 Å². The van der Waals surface area contributed by atoms with Crippen molar-refractivity contribution >= 4 is 11.6 Å². The molecular formula is C11H15ClO2. The highest BCUT2D eigenvalue weighted by Gasteiger charge is 2.17. The Hall–Kier alpha value is -0.570. The highest BCUT2D eigenvalue weighted by Crippen LogP contribution is 2.24. The number of hydrogen-bond donors (Lipinski definition) is 2. The van der Waals surface area contributed by atoms with Crippen molar-refractivity contribution in [3.63, 3.8) is 0 Å². The highest BCUT2D eigenvalue weighted by molar-refractivity contribution is 6.30. The Kier molecular flexibility index (Phi) is 3.93. The molecule has 78 valence electrons. The number of aryl methyl sites for hydroxylation is 1. The Morgan fingerprint density at radius 1 is 1.36 bits per heavy atom. The molecule has 2 nitrogen and oxygen atoms in total. The Labute approximate surface area is 89.1 Å². The van der Waals surface area contributed by atoms with Crippen molar-refractivity contribution in [1.82, 2.24) is 0 Å². The molecule has 2 atom stereocenters. The topological polar surface area (TPSA) is 40.5 Å². The van der Waals surface area contributed by atoms with E-state index < -0.39 is 12.2 Å². The molecule has 0 saturated carbocycles. The molecule has 0 aliphatic heterocycles. The lowest BCUT2D eigenvalue weighted by Crippen LogP contribution is -2.17. The minimum atomic E-state index is -0.822. The molecule has 0 saturated heterocycles. The van der Waals surface area contributed by atoms with Gasteiger partial charge in [-0.1, -0.05) is 24.6 Å². The molecule has 1 aromatic rings. The number of aliphatic hydroxyl groups is 2. The molecule has 0 spiro atoms. The lowest BCUT2D eigenvalue weighted by molar-refractivity contribution is 0.0161. The van der Waals surface area contributed by atoms with Gasteiger partial charge >= 0.3 is 0 Å². The Balaban J connectivity index is 2.95. The summed E-state index contributed by atoms with van der Waals surface area (Å²) in [5.41, 5.74) is 1.64. The lowest BCUT2D eigenvalue weighted by atomic mass is 9.98. The predicted octanol–water partition coefficient (Wildman–Crippen LogP) is 2.45. The monoisotopic (exact) mass is 214 g/mol. The van der Waals surface area contributed by atoms with Crippen molar-refractivity contribution in [3.05, 3.63) is 34.3 Å². The average Bonchev–Trinajstić information content (AvgIpc) is 2.15. The van der Waals surface area contributed by atoms with E-state index in [-0.39, 0.29) is 0 Å². The van der Waals surface area contributed by atoms with Gasteiger partial charge in [-0.25, -0.2) is 0 Å². The first-order chi connectivity index (χ1) is 6.56. The zero-order valence-corrected chi connectivity index (χ0v) is 9.12. The predicted molar refractivity (Wildman–Crippen MR) is 57.4 cm³/mol. The van der Waals surface area contributed by atoms with Gasteiger partial charge in [0.15, 0.2) is 0 Å². The fraction of sp³-hybridized carbons (Fsp3) is 0.455. The third kappa shape index (κ3) is 2.47. The van der Waals surface area contributed by atoms with Crippen molar-refractivity contribution in [1.29, 1.82) is 0 Å². The maximum absolute atomic E-state index is 9.77. The Morgan fingerprint density at radius 2 is 2.00 bits per heavy atom. The Bertz CT molecular complexity index is 312. The van der Waals surface area contributed by atoms with Gasteiger partial charge in [0.05, 0.1) is 6.10 Å². The maximum atomic E-state index is 9.77. The molecule has 3 heteroatoms. The van der Waals surface area contributed by atoms with Crippen molar-refractivity contribution in [2.75, 3.05) is 0 Å². The summed E-state index contributed by atoms with van der Waals surface area (Å²) in [6.45, 7) is 3.70. The van der Waals surface area contributed by atoms with Gasteiger partial charge in [0.1, 0.15) is 6.10 Å². The molecule has 0 amide bonds. The summed E-state index contributed by atoms with van der Waals surface area (Å²) >= 11 is 5.79. The highest BCUT2D eigenvalue weighted by atomic mass is 35.5. The van der Waals surface area contributed by atoms with Crippen LogP contribution in [0.3, 0.4) is 0 Å². The van der Waals surface area contributed by atoms with Crippen LogP contribution in [0.15, 0.2) is 18.2 Å². The Morgan fingerprint density at radius 3 is 2.50 bits per heavy atom. The summed E-state index contributed by atoms with van der Waals surface area (Å²) in [6, 6.07) is 5.25. The van der Waals surface area contributed by atoms with Gasteiger partial charge in [-0.15, -0.1) is 0 Å². The molecule has 0 heterocycles. The molecule has 0 radical (unpaired) electrons. The second-order valence-electron chi connectivity index (χ2n) is 3.42. The number of aliphatic hydroxyl groups excluding tert-OH is 2. The number of rotatable bonds is 3. The second kappa shape index (κ2) is 4.78. The number of halogens is 1. The first-order valence-electron chi connectivity index (χ1n) is 4.68. The minimum absolute atomic E-state index is 0.531. The van der Waals surface area contributed by atoms with Gasteiger partial charge in [-0.3, -0.25) is 0 Å². The third-order valence-electron chi connectivity index (χ3n) is 2.33. The summed E-state index contributed by atoms with van der Waals surface area (Å²) in [4.78, 5) is 0. The molecule has 0 bridgehead atoms. The van der Waals surface area contributed by atoms with E-state index in [0.717, 1.165) is 11.1 Å². The van der Waals surface area contributed by atoms with E-state index in [0.29, 0.717) is 11.4 Å². The maximum Gasteiger partial charge on any atom is 0.105 e. The smallest absolute Gasteiger partial charge is 0.105 e. The quantitative estimate of drug-likeness (QED) is 0.812. The van der Waals surface area contributed by atoms with Crippen LogP contribution in [0.25, 0.3) is 0 Å². The van der Waals surface area contributed by atoms with Crippen LogP contribution >= 0.6 is 11.6 Å². The standard InChI is InChI=1S/C11H15ClO2/c1-3-10(13)11(14)9-5-4-8(12)6-7(9)2/h4-6,10-11,13-14H,3H2,1-2H3. The van der Waals surface area contributed by atoms with Crippen LogP contribution in [-0.2, 0) is 0 Å². The third-order valence-corrected chi connectivity index (χ3v) is 2.57. The molecule has 1 rings (SSSR count). The van der Waals surface area contributed by atoms with Gasteiger partial charge < -0.3 is 10.2 Å². The van der Waals surface area contributed by atoms with E-state index in [1.165, 1.54) is 0 Å². The molecule has 0 aliphatic rings. The summed E-state index contributed by atoms with van der Waals surface area (Å²) in [5, 5.41) is 19.9. The van der Waals surface area contributed by atoms with Crippen molar-refractivity contribution < 1.29 is 10.2 Å². The minimum Gasteiger partial charge on any atom is -0.390 e. The first kappa shape index (κ1) is 11.5. The normalized spacial score (nSPS) is 15.2. The molecule has 0 aromatic heterocycles. The lowest BCUT2D eigenvalue weighted by Gasteiger charge is -2.18. The SMILES string of the molecule is CCC(O)C(O)c1ccc(Cl)cc1C. The molecule has 14 heavy (non-hydrogen) atoms. The van der Waals surface area contributed by atoms with E-state index in [2.05, 4.69) is 0 Å². The fourth-order valence-corrected chi connectivity index (χ4v) is 1.63. The molecule has 0 aliphatic carbocycles. The van der Waals surface area contributed by atoms with Gasteiger partial charge in [0.25, 0.3) is 0 Å². The van der Waals surface area contributed by atoms with Crippen LogP contribution in [0, 0.1) is 6.92 Å². The van der Waals surface area contributed by atoms with Crippen LogP contribution in [0.1, 0.15) is 30.6 Å². The second-order valence-corrected chi connectivity index (χ2v) is 3.86. The van der Waals surface area contributed by atoms with E-state index in [9.17, 15) is 10.2 Å². The number of benzene rings is 1. The zero-order valence-electron chi connectivity index (χ0n) is 8.37. The molecular weight excluding hydrogens is 200 g/mol. The first-order valence-corrected chi connectivity index (χ1v) is 5.06. The van der Waals surface area contributed by atoms with E-state index >= 15 is 0 Å². The van der Waals surface area contributed by atoms with Crippen LogP contribution in [0.5, 0.6) is 0 Å². The van der Waals surface area contributed by atoms with E-state index in [1.54, 1.807) is 18.2 Å². The van der Waals surface area contributed by atoms with E-state index in [4.69, 9.17) is 11.6 Å². The van der Waals surface area contributed by atoms with E-state index in [1.807, 2.05) is 13.8 Å². The zero-order chi connectivity index (χ0) is 10.7. The summed E-state index contributed by atoms with van der Waals surface area (Å²) in [6.07, 6.45) is -1.00. The molecule has 0 fully saturated rings. The molecule has 2 unspecified atom stereocenters. The largest absolute Gasteiger partial charge is 0.390 e. The summed E-state index contributed by atoms with van der Waals surface area (Å²) < 4.78 is 0. The van der Waals surface area contributed by atoms with Gasteiger partial charge in [0, 0.05) is 5.02 Å². The van der Waals surface area contributed by atoms with Crippen molar-refractivity contribution in [3.8, 4) is 0 Å². The van der Waals surface area contributed by atoms with Crippen molar-refractivity contribution in [2.24, 2.45) is 0 Å².